The molecule has 3 atom stereocenters. The average molecular weight is 513 g/mol. The van der Waals surface area contributed by atoms with Crippen molar-refractivity contribution in [1.29, 1.82) is 0 Å². The molecule has 4 aliphatic rings. The van der Waals surface area contributed by atoms with Crippen LogP contribution in [0.1, 0.15) is 42.5 Å². The Morgan fingerprint density at radius 1 is 0.838 bits per heavy atom. The van der Waals surface area contributed by atoms with E-state index in [1.165, 1.54) is 24.3 Å². The summed E-state index contributed by atoms with van der Waals surface area (Å²) in [5.41, 5.74) is 4.19. The maximum Gasteiger partial charge on any atom is 0.171 e. The van der Waals surface area contributed by atoms with Crippen molar-refractivity contribution < 1.29 is 13.6 Å². The number of amidine groups is 2. The van der Waals surface area contributed by atoms with Crippen molar-refractivity contribution in [3.05, 3.63) is 113 Å². The summed E-state index contributed by atoms with van der Waals surface area (Å²) in [6, 6.07) is 22.2. The normalized spacial score (nSPS) is 24.5. The standard InChI is InChI=1S/C29H22F2N4OS/c30-19-13-9-17(10-14-19)25-24-22(7-4-8-23(24)36)32-29-34(25)28-27(37-29)26(18-11-15-20(31)16-12-18)35(33-28)21-5-2-1-3-6-21/h1-3,5-6,9-16,25-27H,4,7-8H2. The van der Waals surface area contributed by atoms with Crippen molar-refractivity contribution in [2.24, 2.45) is 10.1 Å². The van der Waals surface area contributed by atoms with E-state index in [1.807, 2.05) is 35.3 Å². The summed E-state index contributed by atoms with van der Waals surface area (Å²) >= 11 is 1.62. The van der Waals surface area contributed by atoms with E-state index in [4.69, 9.17) is 10.1 Å². The van der Waals surface area contributed by atoms with Gasteiger partial charge in [0.25, 0.3) is 0 Å². The largest absolute Gasteiger partial charge is 0.294 e. The summed E-state index contributed by atoms with van der Waals surface area (Å²) in [4.78, 5) is 20.3. The number of allylic oxidation sites excluding steroid dienone is 1. The first kappa shape index (κ1) is 22.4. The zero-order chi connectivity index (χ0) is 25.1. The second-order valence-electron chi connectivity index (χ2n) is 9.53. The van der Waals surface area contributed by atoms with Crippen LogP contribution in [0.4, 0.5) is 14.5 Å². The Morgan fingerprint density at radius 3 is 2.22 bits per heavy atom. The first-order valence-corrected chi connectivity index (χ1v) is 13.2. The average Bonchev–Trinajstić information content (AvgIpc) is 3.45. The number of hydrogen-bond acceptors (Lipinski definition) is 6. The van der Waals surface area contributed by atoms with Crippen LogP contribution < -0.4 is 5.01 Å². The van der Waals surface area contributed by atoms with Gasteiger partial charge >= 0.3 is 0 Å². The van der Waals surface area contributed by atoms with Gasteiger partial charge in [-0.2, -0.15) is 5.10 Å². The van der Waals surface area contributed by atoms with E-state index in [0.29, 0.717) is 12.0 Å². The van der Waals surface area contributed by atoms with Crippen molar-refractivity contribution >= 4 is 34.2 Å². The van der Waals surface area contributed by atoms with Crippen molar-refractivity contribution in [2.75, 3.05) is 5.01 Å². The summed E-state index contributed by atoms with van der Waals surface area (Å²) in [6.07, 6.45) is 2.00. The Bertz CT molecular complexity index is 1480. The Labute approximate surface area is 217 Å². The van der Waals surface area contributed by atoms with E-state index in [0.717, 1.165) is 46.4 Å². The summed E-state index contributed by atoms with van der Waals surface area (Å²) < 4.78 is 27.7. The lowest BCUT2D eigenvalue weighted by Gasteiger charge is -2.36. The van der Waals surface area contributed by atoms with Gasteiger partial charge in [0, 0.05) is 12.0 Å². The second kappa shape index (κ2) is 8.66. The van der Waals surface area contributed by atoms with Gasteiger partial charge in [-0.15, -0.1) is 0 Å². The maximum absolute atomic E-state index is 13.9. The van der Waals surface area contributed by atoms with Crippen LogP contribution in [0.25, 0.3) is 0 Å². The number of carbonyl (C=O) groups excluding carboxylic acids is 1. The molecular weight excluding hydrogens is 490 g/mol. The van der Waals surface area contributed by atoms with Crippen molar-refractivity contribution in [1.82, 2.24) is 4.90 Å². The van der Waals surface area contributed by atoms with Crippen LogP contribution >= 0.6 is 11.8 Å². The lowest BCUT2D eigenvalue weighted by Crippen LogP contribution is -2.41. The molecule has 0 aromatic heterocycles. The fraction of sp³-hybridized carbons (Fsp3) is 0.207. The molecule has 1 aliphatic carbocycles. The van der Waals surface area contributed by atoms with Gasteiger partial charge in [-0.3, -0.25) is 14.7 Å². The summed E-state index contributed by atoms with van der Waals surface area (Å²) in [6.45, 7) is 0. The van der Waals surface area contributed by atoms with E-state index in [-0.39, 0.29) is 28.7 Å². The van der Waals surface area contributed by atoms with E-state index in [1.54, 1.807) is 36.0 Å². The third kappa shape index (κ3) is 3.62. The van der Waals surface area contributed by atoms with Gasteiger partial charge in [-0.25, -0.2) is 13.8 Å². The monoisotopic (exact) mass is 512 g/mol. The minimum absolute atomic E-state index is 0.0837. The van der Waals surface area contributed by atoms with Crippen LogP contribution in [0.5, 0.6) is 0 Å². The highest BCUT2D eigenvalue weighted by molar-refractivity contribution is 8.15. The maximum atomic E-state index is 13.9. The molecule has 3 aliphatic heterocycles. The molecule has 0 radical (unpaired) electrons. The number of halogens is 2. The molecule has 3 aromatic carbocycles. The predicted molar refractivity (Wildman–Crippen MR) is 141 cm³/mol. The van der Waals surface area contributed by atoms with Crippen LogP contribution in [0, 0.1) is 11.6 Å². The fourth-order valence-electron chi connectivity index (χ4n) is 5.65. The molecule has 3 aromatic rings. The van der Waals surface area contributed by atoms with Gasteiger partial charge in [0.2, 0.25) is 0 Å². The number of benzene rings is 3. The summed E-state index contributed by atoms with van der Waals surface area (Å²) in [5, 5.41) is 7.77. The predicted octanol–water partition coefficient (Wildman–Crippen LogP) is 6.38. The minimum Gasteiger partial charge on any atom is -0.294 e. The molecule has 0 N–H and O–H groups in total. The number of Topliss-reactive ketones (excluding diaryl/α,β-unsaturated/α-hetero) is 1. The zero-order valence-electron chi connectivity index (χ0n) is 19.7. The fourth-order valence-corrected chi connectivity index (χ4v) is 7.02. The molecule has 1 saturated heterocycles. The van der Waals surface area contributed by atoms with E-state index in [2.05, 4.69) is 4.90 Å². The van der Waals surface area contributed by atoms with Crippen molar-refractivity contribution in [3.8, 4) is 0 Å². The number of carbonyl (C=O) groups is 1. The first-order chi connectivity index (χ1) is 18.1. The van der Waals surface area contributed by atoms with Gasteiger partial charge in [0.15, 0.2) is 11.0 Å². The molecule has 0 amide bonds. The Morgan fingerprint density at radius 2 is 1.51 bits per heavy atom. The van der Waals surface area contributed by atoms with Crippen LogP contribution in [-0.4, -0.2) is 26.9 Å². The SMILES string of the molecule is O=C1CCCC2=C1C(c1ccc(F)cc1)N1C(=N2)SC2C1=NN(c1ccccc1)C2c1ccc(F)cc1. The van der Waals surface area contributed by atoms with Crippen LogP contribution in [0.3, 0.4) is 0 Å². The summed E-state index contributed by atoms with van der Waals surface area (Å²) in [5.74, 6) is 0.263. The number of nitrogens with zero attached hydrogens (tertiary/aromatic N) is 4. The van der Waals surface area contributed by atoms with Gasteiger partial charge in [-0.1, -0.05) is 54.2 Å². The van der Waals surface area contributed by atoms with E-state index >= 15 is 0 Å². The smallest absolute Gasteiger partial charge is 0.171 e. The Kier molecular flexibility index (Phi) is 5.25. The molecule has 3 heterocycles. The number of ketones is 1. The minimum atomic E-state index is -0.420. The van der Waals surface area contributed by atoms with Crippen LogP contribution in [0.2, 0.25) is 0 Å². The highest BCUT2D eigenvalue weighted by atomic mass is 32.2. The highest BCUT2D eigenvalue weighted by Crippen LogP contribution is 2.52. The van der Waals surface area contributed by atoms with Crippen molar-refractivity contribution in [2.45, 2.75) is 36.6 Å². The van der Waals surface area contributed by atoms with Gasteiger partial charge in [-0.05, 0) is 60.4 Å². The molecule has 0 bridgehead atoms. The van der Waals surface area contributed by atoms with E-state index in [9.17, 15) is 13.6 Å². The number of para-hydroxylation sites is 1. The molecule has 1 fully saturated rings. The molecule has 8 heteroatoms. The lowest BCUT2D eigenvalue weighted by atomic mass is 9.85. The van der Waals surface area contributed by atoms with Crippen LogP contribution in [0.15, 0.2) is 100 Å². The molecule has 37 heavy (non-hydrogen) atoms. The topological polar surface area (TPSA) is 48.3 Å². The quantitative estimate of drug-likeness (QED) is 0.409. The van der Waals surface area contributed by atoms with Crippen molar-refractivity contribution in [3.63, 3.8) is 0 Å². The molecule has 3 unspecified atom stereocenters. The van der Waals surface area contributed by atoms with E-state index < -0.39 is 6.04 Å². The molecular formula is C29H22F2N4OS. The number of hydrogen-bond donors (Lipinski definition) is 0. The van der Waals surface area contributed by atoms with Crippen LogP contribution in [-0.2, 0) is 4.79 Å². The molecule has 0 spiro atoms. The number of thioether (sulfide) groups is 1. The third-order valence-electron chi connectivity index (χ3n) is 7.31. The molecule has 184 valence electrons. The molecule has 7 rings (SSSR count). The number of hydrazone groups is 1. The molecule has 5 nitrogen and oxygen atoms in total. The Balaban J connectivity index is 1.39. The second-order valence-corrected chi connectivity index (χ2v) is 10.6. The number of rotatable bonds is 3. The number of anilines is 1. The third-order valence-corrected chi connectivity index (χ3v) is 8.53. The highest BCUT2D eigenvalue weighted by Gasteiger charge is 2.53. The zero-order valence-corrected chi connectivity index (χ0v) is 20.5. The van der Waals surface area contributed by atoms with Gasteiger partial charge in [0.05, 0.1) is 28.7 Å². The number of aliphatic imine (C=N–C) groups is 1. The summed E-state index contributed by atoms with van der Waals surface area (Å²) in [7, 11) is 0. The number of fused-ring (bicyclic) bond motifs is 3. The Hall–Kier alpha value is -3.78. The van der Waals surface area contributed by atoms with Gasteiger partial charge in [0.1, 0.15) is 17.5 Å². The first-order valence-electron chi connectivity index (χ1n) is 12.3. The van der Waals surface area contributed by atoms with Gasteiger partial charge < -0.3 is 0 Å². The molecule has 0 saturated carbocycles. The lowest BCUT2D eigenvalue weighted by molar-refractivity contribution is -0.116.